The molecule has 1 aromatic heterocycles. The van der Waals surface area contributed by atoms with E-state index in [0.717, 1.165) is 32.1 Å². The van der Waals surface area contributed by atoms with Gasteiger partial charge in [-0.3, -0.25) is 14.4 Å². The van der Waals surface area contributed by atoms with Crippen LogP contribution in [0.2, 0.25) is 0 Å². The molecule has 2 aliphatic heterocycles. The molecule has 1 saturated carbocycles. The van der Waals surface area contributed by atoms with Gasteiger partial charge in [0.15, 0.2) is 0 Å². The van der Waals surface area contributed by atoms with E-state index in [-0.39, 0.29) is 42.4 Å². The van der Waals surface area contributed by atoms with Crippen LogP contribution >= 0.6 is 0 Å². The van der Waals surface area contributed by atoms with E-state index in [9.17, 15) is 27.9 Å². The van der Waals surface area contributed by atoms with E-state index >= 15 is 0 Å². The third kappa shape index (κ3) is 7.37. The third-order valence-corrected chi connectivity index (χ3v) is 11.0. The molecule has 0 bridgehead atoms. The van der Waals surface area contributed by atoms with E-state index < -0.39 is 51.5 Å². The van der Waals surface area contributed by atoms with Crippen LogP contribution in [0.1, 0.15) is 80.9 Å². The standard InChI is InChI=1S/C30H43N7O7S/c1-30(2,41)26-18-32-34-37(26)22-17-25(27(31)38)36(19-22)29(40)24(16-20-6-4-3-5-7-20)33-28(39)21-8-10-23(11-9-21)45(42,43)35-12-14-44-15-13-35/h8-11,18,20,22,24-25,41H,3-7,12-17,19H2,1-2H3,(H2,31,38)(H,33,39)/t22?,24-,25?/m1/s1. The SMILES string of the molecule is CC(C)(O)c1cnnn1C1CC(C(N)=O)N(C(=O)[C@@H](CC2CCCCC2)NC(=O)c2ccc(S(=O)(=O)N3CCOCC3)cc2)C1. The van der Waals surface area contributed by atoms with Crippen molar-refractivity contribution in [1.82, 2.24) is 29.5 Å². The van der Waals surface area contributed by atoms with Crippen molar-refractivity contribution in [3.05, 3.63) is 41.7 Å². The molecule has 246 valence electrons. The van der Waals surface area contributed by atoms with Gasteiger partial charge in [0.05, 0.1) is 36.0 Å². The molecule has 1 aliphatic carbocycles. The van der Waals surface area contributed by atoms with Crippen molar-refractivity contribution in [2.45, 2.75) is 87.4 Å². The number of nitrogens with zero attached hydrogens (tertiary/aromatic N) is 5. The fourth-order valence-electron chi connectivity index (χ4n) is 6.59. The Balaban J connectivity index is 1.36. The maximum Gasteiger partial charge on any atom is 0.251 e. The number of aromatic nitrogens is 3. The molecule has 2 aromatic rings. The first-order valence-electron chi connectivity index (χ1n) is 15.6. The Hall–Kier alpha value is -3.40. The van der Waals surface area contributed by atoms with Crippen molar-refractivity contribution < 1.29 is 32.6 Å². The summed E-state index contributed by atoms with van der Waals surface area (Å²) in [4.78, 5) is 41.7. The summed E-state index contributed by atoms with van der Waals surface area (Å²) in [6.07, 6.45) is 7.12. The molecule has 3 heterocycles. The zero-order chi connectivity index (χ0) is 32.4. The van der Waals surface area contributed by atoms with Crippen LogP contribution < -0.4 is 11.1 Å². The number of carbonyl (C=O) groups excluding carboxylic acids is 3. The number of carbonyl (C=O) groups is 3. The quantitative estimate of drug-likeness (QED) is 0.337. The van der Waals surface area contributed by atoms with Gasteiger partial charge in [0.2, 0.25) is 21.8 Å². The lowest BCUT2D eigenvalue weighted by molar-refractivity contribution is -0.139. The molecule has 3 fully saturated rings. The van der Waals surface area contributed by atoms with Crippen LogP contribution in [0.4, 0.5) is 0 Å². The summed E-state index contributed by atoms with van der Waals surface area (Å²) < 4.78 is 34.2. The van der Waals surface area contributed by atoms with Crippen molar-refractivity contribution in [1.29, 1.82) is 0 Å². The summed E-state index contributed by atoms with van der Waals surface area (Å²) in [6, 6.07) is 3.34. The van der Waals surface area contributed by atoms with Crippen LogP contribution in [0, 0.1) is 5.92 Å². The average molecular weight is 646 g/mol. The van der Waals surface area contributed by atoms with Gasteiger partial charge in [-0.25, -0.2) is 13.1 Å². The van der Waals surface area contributed by atoms with Gasteiger partial charge in [0.1, 0.15) is 17.7 Å². The number of rotatable bonds is 10. The van der Waals surface area contributed by atoms with Crippen molar-refractivity contribution in [2.75, 3.05) is 32.8 Å². The number of amides is 3. The maximum atomic E-state index is 14.2. The number of nitrogens with two attached hydrogens (primary N) is 1. The Kier molecular flexibility index (Phi) is 9.91. The van der Waals surface area contributed by atoms with Crippen molar-refractivity contribution in [2.24, 2.45) is 11.7 Å². The summed E-state index contributed by atoms with van der Waals surface area (Å²) in [6.45, 7) is 4.47. The van der Waals surface area contributed by atoms with Gasteiger partial charge in [-0.1, -0.05) is 37.3 Å². The van der Waals surface area contributed by atoms with Crippen molar-refractivity contribution in [3.8, 4) is 0 Å². The smallest absolute Gasteiger partial charge is 0.251 e. The molecule has 3 amide bonds. The number of likely N-dealkylation sites (tertiary alicyclic amines) is 1. The van der Waals surface area contributed by atoms with Gasteiger partial charge in [0.25, 0.3) is 5.91 Å². The topological polar surface area (TPSA) is 190 Å². The number of sulfonamides is 1. The Bertz CT molecular complexity index is 1480. The van der Waals surface area contributed by atoms with E-state index in [1.165, 1.54) is 44.3 Å². The summed E-state index contributed by atoms with van der Waals surface area (Å²) in [5, 5.41) is 21.6. The minimum Gasteiger partial charge on any atom is -0.384 e. The first-order valence-corrected chi connectivity index (χ1v) is 17.0. The zero-order valence-electron chi connectivity index (χ0n) is 25.8. The Morgan fingerprint density at radius 1 is 1.11 bits per heavy atom. The number of aliphatic hydroxyl groups is 1. The summed E-state index contributed by atoms with van der Waals surface area (Å²) in [7, 11) is -3.73. The molecule has 4 N–H and O–H groups in total. The molecule has 0 radical (unpaired) electrons. The minimum atomic E-state index is -3.73. The summed E-state index contributed by atoms with van der Waals surface area (Å²) >= 11 is 0. The fourth-order valence-corrected chi connectivity index (χ4v) is 8.00. The predicted octanol–water partition coefficient (Wildman–Crippen LogP) is 0.923. The molecule has 45 heavy (non-hydrogen) atoms. The monoisotopic (exact) mass is 645 g/mol. The molecule has 14 nitrogen and oxygen atoms in total. The summed E-state index contributed by atoms with van der Waals surface area (Å²) in [5.74, 6) is -1.39. The molecule has 2 unspecified atom stereocenters. The van der Waals surface area contributed by atoms with Crippen LogP contribution in [0.5, 0.6) is 0 Å². The normalized spacial score (nSPS) is 22.7. The molecule has 2 saturated heterocycles. The van der Waals surface area contributed by atoms with Gasteiger partial charge in [-0.15, -0.1) is 5.10 Å². The lowest BCUT2D eigenvalue weighted by Crippen LogP contribution is -2.53. The summed E-state index contributed by atoms with van der Waals surface area (Å²) in [5.41, 5.74) is 5.17. The number of hydrogen-bond acceptors (Lipinski definition) is 9. The zero-order valence-corrected chi connectivity index (χ0v) is 26.6. The number of ether oxygens (including phenoxy) is 1. The van der Waals surface area contributed by atoms with Crippen LogP contribution in [0.3, 0.4) is 0 Å². The van der Waals surface area contributed by atoms with Crippen LogP contribution in [-0.2, 0) is 30.0 Å². The lowest BCUT2D eigenvalue weighted by Gasteiger charge is -2.31. The fraction of sp³-hybridized carbons (Fsp3) is 0.633. The Morgan fingerprint density at radius 2 is 1.78 bits per heavy atom. The average Bonchev–Trinajstić information content (AvgIpc) is 3.70. The van der Waals surface area contributed by atoms with E-state index in [4.69, 9.17) is 10.5 Å². The Morgan fingerprint density at radius 3 is 2.40 bits per heavy atom. The molecule has 1 aromatic carbocycles. The highest BCUT2D eigenvalue weighted by atomic mass is 32.2. The van der Waals surface area contributed by atoms with Gasteiger partial charge in [-0.2, -0.15) is 4.31 Å². The van der Waals surface area contributed by atoms with Crippen LogP contribution in [-0.4, -0.2) is 100 Å². The third-order valence-electron chi connectivity index (χ3n) is 9.06. The second-order valence-electron chi connectivity index (χ2n) is 12.7. The van der Waals surface area contributed by atoms with Gasteiger partial charge < -0.3 is 25.8 Å². The number of morpholine rings is 1. The predicted molar refractivity (Wildman–Crippen MR) is 162 cm³/mol. The highest BCUT2D eigenvalue weighted by molar-refractivity contribution is 7.89. The molecule has 0 spiro atoms. The number of primary amides is 1. The number of nitrogens with one attached hydrogen (secondary N) is 1. The first kappa shape index (κ1) is 33.0. The van der Waals surface area contributed by atoms with Crippen LogP contribution in [0.15, 0.2) is 35.4 Å². The Labute approximate surface area is 263 Å². The molecular formula is C30H43N7O7S. The van der Waals surface area contributed by atoms with Gasteiger partial charge in [0, 0.05) is 31.6 Å². The molecule has 15 heteroatoms. The van der Waals surface area contributed by atoms with Crippen molar-refractivity contribution >= 4 is 27.7 Å². The molecule has 3 aliphatic rings. The minimum absolute atomic E-state index is 0.0710. The second kappa shape index (κ2) is 13.5. The lowest BCUT2D eigenvalue weighted by atomic mass is 9.84. The van der Waals surface area contributed by atoms with Gasteiger partial charge in [-0.05, 0) is 50.5 Å². The largest absolute Gasteiger partial charge is 0.384 e. The van der Waals surface area contributed by atoms with E-state index in [1.807, 2.05) is 0 Å². The van der Waals surface area contributed by atoms with E-state index in [0.29, 0.717) is 25.3 Å². The molecule has 3 atom stereocenters. The van der Waals surface area contributed by atoms with Gasteiger partial charge >= 0.3 is 0 Å². The second-order valence-corrected chi connectivity index (χ2v) is 14.7. The molecular weight excluding hydrogens is 602 g/mol. The first-order chi connectivity index (χ1) is 21.4. The number of benzene rings is 1. The molecule has 5 rings (SSSR count). The maximum absolute atomic E-state index is 14.2. The number of hydrogen-bond donors (Lipinski definition) is 3. The highest BCUT2D eigenvalue weighted by Crippen LogP contribution is 2.33. The highest BCUT2D eigenvalue weighted by Gasteiger charge is 2.44. The van der Waals surface area contributed by atoms with Crippen molar-refractivity contribution in [3.63, 3.8) is 0 Å². The van der Waals surface area contributed by atoms with Crippen LogP contribution in [0.25, 0.3) is 0 Å². The van der Waals surface area contributed by atoms with E-state index in [2.05, 4.69) is 15.6 Å². The van der Waals surface area contributed by atoms with E-state index in [1.54, 1.807) is 13.8 Å².